The van der Waals surface area contributed by atoms with Gasteiger partial charge in [0.15, 0.2) is 5.58 Å². The van der Waals surface area contributed by atoms with Crippen molar-refractivity contribution in [3.05, 3.63) is 181 Å². The summed E-state index contributed by atoms with van der Waals surface area (Å²) < 4.78 is 21.1. The molecule has 0 amide bonds. The van der Waals surface area contributed by atoms with Crippen molar-refractivity contribution in [2.24, 2.45) is 0 Å². The van der Waals surface area contributed by atoms with E-state index in [1.54, 1.807) is 0 Å². The third-order valence-corrected chi connectivity index (χ3v) is 11.8. The molecule has 58 heavy (non-hydrogen) atoms. The summed E-state index contributed by atoms with van der Waals surface area (Å²) in [6, 6.07) is 60.2. The largest absolute Gasteiger partial charge is 0.458 e. The van der Waals surface area contributed by atoms with Crippen molar-refractivity contribution in [1.29, 1.82) is 0 Å². The Bertz CT molecular complexity index is 2940. The van der Waals surface area contributed by atoms with Gasteiger partial charge in [-0.05, 0) is 75.8 Å². The highest BCUT2D eigenvalue weighted by Gasteiger charge is 2.41. The number of hydrogen-bond acceptors (Lipinski definition) is 4. The molecule has 4 nitrogen and oxygen atoms in total. The van der Waals surface area contributed by atoms with Crippen molar-refractivity contribution in [1.82, 2.24) is 0 Å². The highest BCUT2D eigenvalue weighted by molar-refractivity contribution is 6.98. The topological polar surface area (TPSA) is 34.8 Å². The zero-order chi connectivity index (χ0) is 39.1. The van der Waals surface area contributed by atoms with Crippen LogP contribution in [0.25, 0.3) is 44.2 Å². The molecule has 1 aromatic heterocycles. The maximum absolute atomic E-state index is 7.03. The van der Waals surface area contributed by atoms with Gasteiger partial charge in [0.2, 0.25) is 0 Å². The number of rotatable bonds is 5. The van der Waals surface area contributed by atoms with Gasteiger partial charge >= 0.3 is 0 Å². The molecule has 0 N–H and O–H groups in total. The van der Waals surface area contributed by atoms with E-state index in [0.29, 0.717) is 0 Å². The summed E-state index contributed by atoms with van der Waals surface area (Å²) in [5.74, 6) is 3.24. The molecular weight excluding hydrogens is 709 g/mol. The van der Waals surface area contributed by atoms with Crippen molar-refractivity contribution in [2.75, 3.05) is 4.90 Å². The summed E-state index contributed by atoms with van der Waals surface area (Å²) in [5.41, 5.74) is 14.7. The molecular formula is C53H40BNO3. The zero-order valence-corrected chi connectivity index (χ0v) is 32.9. The molecule has 0 aliphatic carbocycles. The second-order valence-corrected chi connectivity index (χ2v) is 16.6. The molecule has 0 radical (unpaired) electrons. The standard InChI is InChI=1S/C53H40BNO3/c1-33-21-25-38(26-22-33)55(45-20-12-18-41-40-17-11-19-42(53(2,3)4)51(40)58-52(41)45)39-31-48-50-49(32-39)57-47-30-37(35-15-9-6-10-16-35)24-28-44(47)54(50)43-27-23-36(29-46(43)56-48)34-13-7-5-8-14-34/h5-32H,1-4H3. The van der Waals surface area contributed by atoms with E-state index in [-0.39, 0.29) is 12.1 Å². The van der Waals surface area contributed by atoms with Crippen LogP contribution < -0.4 is 30.8 Å². The van der Waals surface area contributed by atoms with Crippen LogP contribution >= 0.6 is 0 Å². The van der Waals surface area contributed by atoms with E-state index in [1.165, 1.54) is 11.1 Å². The zero-order valence-electron chi connectivity index (χ0n) is 32.9. The maximum atomic E-state index is 7.03. The number of nitrogens with zero attached hydrogens (tertiary/aromatic N) is 1. The van der Waals surface area contributed by atoms with Crippen LogP contribution in [0.5, 0.6) is 23.0 Å². The SMILES string of the molecule is Cc1ccc(N(c2cc3c4c(c2)Oc2cc(-c5ccccc5)ccc2B4c2ccc(-c4ccccc4)cc2O3)c2cccc3c2oc2c(C(C)(C)C)cccc23)cc1. The molecule has 9 aromatic rings. The molecule has 0 bridgehead atoms. The van der Waals surface area contributed by atoms with Gasteiger partial charge in [0.05, 0.1) is 11.4 Å². The van der Waals surface area contributed by atoms with Crippen LogP contribution in [0.15, 0.2) is 174 Å². The average molecular weight is 750 g/mol. The van der Waals surface area contributed by atoms with E-state index in [4.69, 9.17) is 13.9 Å². The molecule has 3 heterocycles. The Morgan fingerprint density at radius 3 is 1.59 bits per heavy atom. The summed E-state index contributed by atoms with van der Waals surface area (Å²) in [6.07, 6.45) is 0. The first kappa shape index (κ1) is 34.3. The van der Waals surface area contributed by atoms with Gasteiger partial charge < -0.3 is 18.8 Å². The number of anilines is 3. The highest BCUT2D eigenvalue weighted by atomic mass is 16.5. The lowest BCUT2D eigenvalue weighted by Gasteiger charge is -2.35. The van der Waals surface area contributed by atoms with Gasteiger partial charge in [0.1, 0.15) is 28.6 Å². The number of furan rings is 1. The van der Waals surface area contributed by atoms with E-state index in [2.05, 4.69) is 202 Å². The van der Waals surface area contributed by atoms with Crippen LogP contribution in [-0.4, -0.2) is 6.71 Å². The van der Waals surface area contributed by atoms with Crippen molar-refractivity contribution in [3.8, 4) is 45.3 Å². The van der Waals surface area contributed by atoms with Crippen LogP contribution in [0, 0.1) is 6.92 Å². The second kappa shape index (κ2) is 13.0. The van der Waals surface area contributed by atoms with E-state index in [9.17, 15) is 0 Å². The molecule has 0 saturated heterocycles. The molecule has 0 atom stereocenters. The van der Waals surface area contributed by atoms with Crippen molar-refractivity contribution in [2.45, 2.75) is 33.1 Å². The number of benzene rings is 8. The Kier molecular flexibility index (Phi) is 7.71. The van der Waals surface area contributed by atoms with Crippen LogP contribution in [0.1, 0.15) is 31.9 Å². The Morgan fingerprint density at radius 2 is 1.02 bits per heavy atom. The lowest BCUT2D eigenvalue weighted by Crippen LogP contribution is -2.57. The molecule has 278 valence electrons. The van der Waals surface area contributed by atoms with E-state index < -0.39 is 0 Å². The van der Waals surface area contributed by atoms with Gasteiger partial charge in [-0.2, -0.15) is 0 Å². The lowest BCUT2D eigenvalue weighted by molar-refractivity contribution is 0.465. The first-order chi connectivity index (χ1) is 28.3. The molecule has 0 unspecified atom stereocenters. The van der Waals surface area contributed by atoms with Gasteiger partial charge in [-0.15, -0.1) is 0 Å². The number of fused-ring (bicyclic) bond motifs is 7. The minimum atomic E-state index is -0.0934. The summed E-state index contributed by atoms with van der Waals surface area (Å²) >= 11 is 0. The van der Waals surface area contributed by atoms with E-state index in [0.717, 1.165) is 101 Å². The van der Waals surface area contributed by atoms with Gasteiger partial charge in [-0.25, -0.2) is 0 Å². The summed E-state index contributed by atoms with van der Waals surface area (Å²) in [5, 5.41) is 2.19. The van der Waals surface area contributed by atoms with Crippen molar-refractivity contribution in [3.63, 3.8) is 0 Å². The molecule has 2 aliphatic heterocycles. The predicted molar refractivity (Wildman–Crippen MR) is 240 cm³/mol. The molecule has 0 fully saturated rings. The predicted octanol–water partition coefficient (Wildman–Crippen LogP) is 12.7. The fraction of sp³-hybridized carbons (Fsp3) is 0.0943. The fourth-order valence-corrected chi connectivity index (χ4v) is 8.92. The minimum Gasteiger partial charge on any atom is -0.458 e. The molecule has 11 rings (SSSR count). The molecule has 0 saturated carbocycles. The first-order valence-corrected chi connectivity index (χ1v) is 20.0. The average Bonchev–Trinajstić information content (AvgIpc) is 3.64. The van der Waals surface area contributed by atoms with Crippen LogP contribution in [-0.2, 0) is 5.41 Å². The van der Waals surface area contributed by atoms with E-state index in [1.807, 2.05) is 0 Å². The molecule has 5 heteroatoms. The molecule has 0 spiro atoms. The van der Waals surface area contributed by atoms with Crippen LogP contribution in [0.2, 0.25) is 0 Å². The van der Waals surface area contributed by atoms with Crippen LogP contribution in [0.4, 0.5) is 17.1 Å². The number of ether oxygens (including phenoxy) is 2. The molecule has 2 aliphatic rings. The Labute approximate surface area is 339 Å². The normalized spacial score (nSPS) is 12.7. The maximum Gasteiger partial charge on any atom is 0.260 e. The smallest absolute Gasteiger partial charge is 0.260 e. The quantitative estimate of drug-likeness (QED) is 0.164. The number of hydrogen-bond donors (Lipinski definition) is 0. The van der Waals surface area contributed by atoms with E-state index >= 15 is 0 Å². The molecule has 8 aromatic carbocycles. The highest BCUT2D eigenvalue weighted by Crippen LogP contribution is 2.47. The Hall–Kier alpha value is -6.98. The minimum absolute atomic E-state index is 0.0800. The third kappa shape index (κ3) is 5.53. The summed E-state index contributed by atoms with van der Waals surface area (Å²) in [7, 11) is 0. The second-order valence-electron chi connectivity index (χ2n) is 16.6. The summed E-state index contributed by atoms with van der Waals surface area (Å²) in [6.45, 7) is 8.76. The van der Waals surface area contributed by atoms with Crippen molar-refractivity contribution < 1.29 is 13.9 Å². The van der Waals surface area contributed by atoms with Gasteiger partial charge in [-0.1, -0.05) is 154 Å². The van der Waals surface area contributed by atoms with Gasteiger partial charge in [0, 0.05) is 39.6 Å². The third-order valence-electron chi connectivity index (χ3n) is 11.8. The Morgan fingerprint density at radius 1 is 0.466 bits per heavy atom. The van der Waals surface area contributed by atoms with Gasteiger partial charge in [-0.3, -0.25) is 0 Å². The number of aryl methyl sites for hydroxylation is 1. The lowest BCUT2D eigenvalue weighted by atomic mass is 9.34. The Balaban J connectivity index is 1.14. The summed E-state index contributed by atoms with van der Waals surface area (Å²) in [4.78, 5) is 2.28. The van der Waals surface area contributed by atoms with Crippen molar-refractivity contribution >= 4 is 62.1 Å². The first-order valence-electron chi connectivity index (χ1n) is 20.0. The fourth-order valence-electron chi connectivity index (χ4n) is 8.92. The van der Waals surface area contributed by atoms with Crippen LogP contribution in [0.3, 0.4) is 0 Å². The monoisotopic (exact) mass is 749 g/mol. The number of para-hydroxylation sites is 2. The van der Waals surface area contributed by atoms with Gasteiger partial charge in [0.25, 0.3) is 6.71 Å².